The lowest BCUT2D eigenvalue weighted by Gasteiger charge is -2.24. The lowest BCUT2D eigenvalue weighted by molar-refractivity contribution is -0.125. The minimum atomic E-state index is -0.660. The van der Waals surface area contributed by atoms with Gasteiger partial charge >= 0.3 is 0 Å². The van der Waals surface area contributed by atoms with E-state index in [2.05, 4.69) is 5.32 Å². The molecule has 116 valence electrons. The van der Waals surface area contributed by atoms with E-state index in [0.717, 1.165) is 16.9 Å². The molecular weight excluding hydrogens is 281 g/mol. The maximum Gasteiger partial charge on any atom is 0.230 e. The Morgan fingerprint density at radius 1 is 1.09 bits per heavy atom. The van der Waals surface area contributed by atoms with Crippen molar-refractivity contribution < 1.29 is 13.9 Å². The van der Waals surface area contributed by atoms with Crippen molar-refractivity contribution in [3.63, 3.8) is 0 Å². The van der Waals surface area contributed by atoms with Crippen LogP contribution in [0.1, 0.15) is 25.0 Å². The Hall–Kier alpha value is -2.36. The van der Waals surface area contributed by atoms with Gasteiger partial charge in [-0.15, -0.1) is 0 Å². The fourth-order valence-corrected chi connectivity index (χ4v) is 2.14. The minimum absolute atomic E-state index is 0.0815. The first-order chi connectivity index (χ1) is 10.4. The quantitative estimate of drug-likeness (QED) is 0.919. The number of nitrogens with one attached hydrogen (secondary N) is 1. The summed E-state index contributed by atoms with van der Waals surface area (Å²) in [6, 6.07) is 13.5. The van der Waals surface area contributed by atoms with E-state index in [4.69, 9.17) is 4.74 Å². The maximum atomic E-state index is 12.9. The van der Waals surface area contributed by atoms with Gasteiger partial charge in [-0.05, 0) is 49.2 Å². The molecule has 0 heterocycles. The zero-order valence-corrected chi connectivity index (χ0v) is 13.0. The smallest absolute Gasteiger partial charge is 0.230 e. The molecule has 0 aliphatic heterocycles. The topological polar surface area (TPSA) is 38.3 Å². The Morgan fingerprint density at radius 3 is 2.23 bits per heavy atom. The van der Waals surface area contributed by atoms with Gasteiger partial charge in [0, 0.05) is 6.54 Å². The Bertz CT molecular complexity index is 633. The van der Waals surface area contributed by atoms with Gasteiger partial charge in [-0.1, -0.05) is 24.3 Å². The van der Waals surface area contributed by atoms with Crippen molar-refractivity contribution in [1.29, 1.82) is 0 Å². The van der Waals surface area contributed by atoms with Crippen molar-refractivity contribution >= 4 is 5.91 Å². The average molecular weight is 301 g/mol. The summed E-state index contributed by atoms with van der Waals surface area (Å²) >= 11 is 0. The second-order valence-electron chi connectivity index (χ2n) is 5.66. The standard InChI is InChI=1S/C18H20FNO2/c1-18(2,14-6-10-16(22-3)11-7-14)17(21)20-12-13-4-8-15(19)9-5-13/h4-11H,12H2,1-3H3,(H,20,21). The van der Waals surface area contributed by atoms with Gasteiger partial charge in [0.1, 0.15) is 11.6 Å². The fourth-order valence-electron chi connectivity index (χ4n) is 2.14. The van der Waals surface area contributed by atoms with Crippen LogP contribution in [0.15, 0.2) is 48.5 Å². The van der Waals surface area contributed by atoms with Crippen molar-refractivity contribution in [2.75, 3.05) is 7.11 Å². The van der Waals surface area contributed by atoms with E-state index in [9.17, 15) is 9.18 Å². The van der Waals surface area contributed by atoms with E-state index < -0.39 is 5.41 Å². The predicted molar refractivity (Wildman–Crippen MR) is 84.3 cm³/mol. The summed E-state index contributed by atoms with van der Waals surface area (Å²) in [6.45, 7) is 4.11. The molecule has 4 heteroatoms. The highest BCUT2D eigenvalue weighted by atomic mass is 19.1. The largest absolute Gasteiger partial charge is 0.497 e. The molecule has 2 aromatic rings. The number of rotatable bonds is 5. The van der Waals surface area contributed by atoms with Crippen LogP contribution >= 0.6 is 0 Å². The van der Waals surface area contributed by atoms with Gasteiger partial charge in [-0.3, -0.25) is 4.79 Å². The van der Waals surface area contributed by atoms with E-state index in [-0.39, 0.29) is 11.7 Å². The van der Waals surface area contributed by atoms with Crippen LogP contribution in [0, 0.1) is 5.82 Å². The lowest BCUT2D eigenvalue weighted by atomic mass is 9.83. The van der Waals surface area contributed by atoms with Crippen LogP contribution < -0.4 is 10.1 Å². The Balaban J connectivity index is 2.04. The first kappa shape index (κ1) is 16.0. The zero-order chi connectivity index (χ0) is 16.2. The Morgan fingerprint density at radius 2 is 1.68 bits per heavy atom. The Labute approximate surface area is 130 Å². The van der Waals surface area contributed by atoms with Gasteiger partial charge in [0.2, 0.25) is 5.91 Å². The van der Waals surface area contributed by atoms with E-state index >= 15 is 0 Å². The van der Waals surface area contributed by atoms with Crippen LogP contribution in [0.2, 0.25) is 0 Å². The third-order valence-electron chi connectivity index (χ3n) is 3.75. The maximum absolute atomic E-state index is 12.9. The van der Waals surface area contributed by atoms with E-state index in [1.165, 1.54) is 12.1 Å². The first-order valence-corrected chi connectivity index (χ1v) is 7.11. The summed E-state index contributed by atoms with van der Waals surface area (Å²) in [4.78, 5) is 12.4. The molecule has 0 bridgehead atoms. The van der Waals surface area contributed by atoms with Crippen molar-refractivity contribution in [3.05, 3.63) is 65.5 Å². The molecule has 0 aliphatic carbocycles. The fraction of sp³-hybridized carbons (Fsp3) is 0.278. The molecule has 0 saturated carbocycles. The molecule has 0 atom stereocenters. The summed E-state index contributed by atoms with van der Waals surface area (Å²) in [7, 11) is 1.61. The molecule has 0 radical (unpaired) electrons. The van der Waals surface area contributed by atoms with Crippen molar-refractivity contribution in [2.45, 2.75) is 25.8 Å². The molecule has 3 nitrogen and oxygen atoms in total. The van der Waals surface area contributed by atoms with E-state index in [0.29, 0.717) is 6.54 Å². The van der Waals surface area contributed by atoms with Gasteiger partial charge in [0.15, 0.2) is 0 Å². The van der Waals surface area contributed by atoms with Gasteiger partial charge in [-0.25, -0.2) is 4.39 Å². The normalized spacial score (nSPS) is 11.1. The number of benzene rings is 2. The van der Waals surface area contributed by atoms with E-state index in [1.54, 1.807) is 19.2 Å². The highest BCUT2D eigenvalue weighted by Crippen LogP contribution is 2.25. The van der Waals surface area contributed by atoms with Crippen molar-refractivity contribution in [2.24, 2.45) is 0 Å². The molecule has 0 fully saturated rings. The molecule has 0 saturated heterocycles. The highest BCUT2D eigenvalue weighted by Gasteiger charge is 2.29. The van der Waals surface area contributed by atoms with Crippen LogP contribution in [0.25, 0.3) is 0 Å². The molecule has 1 N–H and O–H groups in total. The molecular formula is C18H20FNO2. The molecule has 2 rings (SSSR count). The summed E-state index contributed by atoms with van der Waals surface area (Å²) in [5.41, 5.74) is 1.11. The predicted octanol–water partition coefficient (Wildman–Crippen LogP) is 3.43. The van der Waals surface area contributed by atoms with Crippen LogP contribution in [-0.2, 0) is 16.8 Å². The number of halogens is 1. The van der Waals surface area contributed by atoms with Crippen LogP contribution in [0.3, 0.4) is 0 Å². The third-order valence-corrected chi connectivity index (χ3v) is 3.75. The first-order valence-electron chi connectivity index (χ1n) is 7.11. The summed E-state index contributed by atoms with van der Waals surface area (Å²) in [6.07, 6.45) is 0. The molecule has 22 heavy (non-hydrogen) atoms. The SMILES string of the molecule is COc1ccc(C(C)(C)C(=O)NCc2ccc(F)cc2)cc1. The van der Waals surface area contributed by atoms with Gasteiger partial charge in [0.05, 0.1) is 12.5 Å². The summed E-state index contributed by atoms with van der Waals surface area (Å²) in [5, 5.41) is 2.89. The second-order valence-corrected chi connectivity index (χ2v) is 5.66. The van der Waals surface area contributed by atoms with Crippen LogP contribution in [-0.4, -0.2) is 13.0 Å². The van der Waals surface area contributed by atoms with Gasteiger partial charge in [-0.2, -0.15) is 0 Å². The number of carbonyl (C=O) groups excluding carboxylic acids is 1. The highest BCUT2D eigenvalue weighted by molar-refractivity contribution is 5.87. The molecule has 1 amide bonds. The minimum Gasteiger partial charge on any atom is -0.497 e. The Kier molecular flexibility index (Phi) is 4.81. The molecule has 0 aliphatic rings. The average Bonchev–Trinajstić information content (AvgIpc) is 2.54. The summed E-state index contributed by atoms with van der Waals surface area (Å²) < 4.78 is 18.0. The van der Waals surface area contributed by atoms with E-state index in [1.807, 2.05) is 38.1 Å². The van der Waals surface area contributed by atoms with Gasteiger partial charge < -0.3 is 10.1 Å². The third kappa shape index (κ3) is 3.64. The van der Waals surface area contributed by atoms with Crippen molar-refractivity contribution in [3.8, 4) is 5.75 Å². The zero-order valence-electron chi connectivity index (χ0n) is 13.0. The number of hydrogen-bond acceptors (Lipinski definition) is 2. The number of carbonyl (C=O) groups is 1. The number of methoxy groups -OCH3 is 1. The van der Waals surface area contributed by atoms with Crippen molar-refractivity contribution in [1.82, 2.24) is 5.32 Å². The molecule has 0 aromatic heterocycles. The van der Waals surface area contributed by atoms with Crippen LogP contribution in [0.4, 0.5) is 4.39 Å². The molecule has 0 spiro atoms. The summed E-state index contributed by atoms with van der Waals surface area (Å²) in [5.74, 6) is 0.391. The number of amides is 1. The lowest BCUT2D eigenvalue weighted by Crippen LogP contribution is -2.39. The van der Waals surface area contributed by atoms with Crippen LogP contribution in [0.5, 0.6) is 5.75 Å². The second kappa shape index (κ2) is 6.60. The molecule has 0 unspecified atom stereocenters. The monoisotopic (exact) mass is 301 g/mol. The van der Waals surface area contributed by atoms with Gasteiger partial charge in [0.25, 0.3) is 0 Å². The molecule has 2 aromatic carbocycles. The number of hydrogen-bond donors (Lipinski definition) is 1. The number of ether oxygens (including phenoxy) is 1.